The molecule has 0 aliphatic rings. The number of aromatic nitrogens is 3. The zero-order valence-electron chi connectivity index (χ0n) is 14.1. The van der Waals surface area contributed by atoms with Crippen molar-refractivity contribution in [1.29, 1.82) is 0 Å². The van der Waals surface area contributed by atoms with E-state index in [2.05, 4.69) is 10.1 Å². The second kappa shape index (κ2) is 7.02. The summed E-state index contributed by atoms with van der Waals surface area (Å²) in [5.41, 5.74) is 4.56. The minimum Gasteiger partial charge on any atom is -0.369 e. The smallest absolute Gasteiger partial charge is 0.349 e. The van der Waals surface area contributed by atoms with Crippen LogP contribution >= 0.6 is 23.2 Å². The van der Waals surface area contributed by atoms with Gasteiger partial charge in [-0.2, -0.15) is 9.78 Å². The van der Waals surface area contributed by atoms with Gasteiger partial charge in [0, 0.05) is 10.0 Å². The molecule has 7 nitrogen and oxygen atoms in total. The third kappa shape index (κ3) is 3.39. The molecule has 0 bridgehead atoms. The van der Waals surface area contributed by atoms with E-state index in [4.69, 9.17) is 28.9 Å². The van der Waals surface area contributed by atoms with Crippen LogP contribution in [0.3, 0.4) is 0 Å². The third-order valence-corrected chi connectivity index (χ3v) is 4.93. The SMILES string of the molecule is CC(C(N)=O)(c1ccc(Cl)cc1)c1ccc(-n2ncc(=O)[nH]c2=O)cc1Cl. The molecule has 1 unspecified atom stereocenters. The Balaban J connectivity index is 2.15. The Morgan fingerprint density at radius 2 is 1.81 bits per heavy atom. The number of hydrogen-bond acceptors (Lipinski definition) is 4. The first kappa shape index (κ1) is 18.9. The molecule has 3 rings (SSSR count). The Kier molecular flexibility index (Phi) is 4.91. The van der Waals surface area contributed by atoms with Crippen molar-refractivity contribution >= 4 is 29.1 Å². The maximum Gasteiger partial charge on any atom is 0.349 e. The number of nitrogens with one attached hydrogen (secondary N) is 1. The van der Waals surface area contributed by atoms with Crippen LogP contribution in [0.5, 0.6) is 0 Å². The molecule has 1 heterocycles. The van der Waals surface area contributed by atoms with Crippen molar-refractivity contribution in [1.82, 2.24) is 14.8 Å². The van der Waals surface area contributed by atoms with Crippen LogP contribution in [0.25, 0.3) is 5.69 Å². The first-order valence-corrected chi connectivity index (χ1v) is 8.54. The third-order valence-electron chi connectivity index (χ3n) is 4.36. The average molecular weight is 405 g/mol. The van der Waals surface area contributed by atoms with E-state index in [9.17, 15) is 14.4 Å². The number of nitrogens with two attached hydrogens (primary N) is 1. The van der Waals surface area contributed by atoms with Gasteiger partial charge < -0.3 is 5.73 Å². The maximum absolute atomic E-state index is 12.3. The normalized spacial score (nSPS) is 13.1. The van der Waals surface area contributed by atoms with Crippen molar-refractivity contribution in [2.45, 2.75) is 12.3 Å². The number of nitrogens with zero attached hydrogens (tertiary/aromatic N) is 2. The molecule has 1 aromatic heterocycles. The molecule has 0 fully saturated rings. The number of hydrogen-bond donors (Lipinski definition) is 2. The predicted molar refractivity (Wildman–Crippen MR) is 103 cm³/mol. The number of carbonyl (C=O) groups is 1. The molecule has 1 atom stereocenters. The fourth-order valence-corrected chi connectivity index (χ4v) is 3.28. The molecule has 3 aromatic rings. The largest absolute Gasteiger partial charge is 0.369 e. The van der Waals surface area contributed by atoms with Gasteiger partial charge in [-0.05, 0) is 42.3 Å². The topological polar surface area (TPSA) is 111 Å². The average Bonchev–Trinajstić information content (AvgIpc) is 2.61. The van der Waals surface area contributed by atoms with Crippen LogP contribution in [-0.2, 0) is 10.2 Å². The predicted octanol–water partition coefficient (Wildman–Crippen LogP) is 2.02. The highest BCUT2D eigenvalue weighted by Gasteiger charge is 2.37. The molecule has 3 N–H and O–H groups in total. The maximum atomic E-state index is 12.3. The van der Waals surface area contributed by atoms with Crippen LogP contribution in [0.1, 0.15) is 18.1 Å². The van der Waals surface area contributed by atoms with E-state index in [0.717, 1.165) is 10.9 Å². The minimum atomic E-state index is -1.22. The number of H-pyrrole nitrogens is 1. The summed E-state index contributed by atoms with van der Waals surface area (Å²) < 4.78 is 0.987. The number of amides is 1. The number of benzene rings is 2. The van der Waals surface area contributed by atoms with Crippen LogP contribution in [0.15, 0.2) is 58.3 Å². The molecular formula is C18H14Cl2N4O3. The number of carbonyl (C=O) groups excluding carboxylic acids is 1. The first-order valence-electron chi connectivity index (χ1n) is 7.78. The first-order chi connectivity index (χ1) is 12.7. The minimum absolute atomic E-state index is 0.212. The molecule has 9 heteroatoms. The molecule has 1 amide bonds. The van der Waals surface area contributed by atoms with Gasteiger partial charge in [-0.3, -0.25) is 14.6 Å². The van der Waals surface area contributed by atoms with Crippen molar-refractivity contribution in [3.8, 4) is 5.69 Å². The fraction of sp³-hybridized carbons (Fsp3) is 0.111. The lowest BCUT2D eigenvalue weighted by molar-refractivity contribution is -0.121. The zero-order chi connectivity index (χ0) is 19.8. The van der Waals surface area contributed by atoms with Gasteiger partial charge in [0.2, 0.25) is 5.91 Å². The van der Waals surface area contributed by atoms with E-state index < -0.39 is 22.6 Å². The highest BCUT2D eigenvalue weighted by molar-refractivity contribution is 6.32. The Hall–Kier alpha value is -2.90. The number of aromatic amines is 1. The van der Waals surface area contributed by atoms with E-state index in [1.165, 1.54) is 6.07 Å². The number of rotatable bonds is 4. The lowest BCUT2D eigenvalue weighted by Crippen LogP contribution is -2.40. The van der Waals surface area contributed by atoms with Crippen molar-refractivity contribution in [2.75, 3.05) is 0 Å². The van der Waals surface area contributed by atoms with Crippen LogP contribution in [0, 0.1) is 0 Å². The Labute approximate surface area is 163 Å². The molecule has 138 valence electrons. The summed E-state index contributed by atoms with van der Waals surface area (Å²) in [7, 11) is 0. The zero-order valence-corrected chi connectivity index (χ0v) is 15.6. The summed E-state index contributed by atoms with van der Waals surface area (Å²) >= 11 is 12.4. The van der Waals surface area contributed by atoms with Crippen LogP contribution in [0.2, 0.25) is 10.0 Å². The Morgan fingerprint density at radius 3 is 2.37 bits per heavy atom. The van der Waals surface area contributed by atoms with E-state index in [1.807, 2.05) is 0 Å². The quantitative estimate of drug-likeness (QED) is 0.692. The van der Waals surface area contributed by atoms with Crippen molar-refractivity contribution in [3.05, 3.63) is 90.7 Å². The van der Waals surface area contributed by atoms with Crippen LogP contribution < -0.4 is 17.0 Å². The summed E-state index contributed by atoms with van der Waals surface area (Å²) in [6.45, 7) is 1.66. The highest BCUT2D eigenvalue weighted by atomic mass is 35.5. The van der Waals surface area contributed by atoms with Crippen LogP contribution in [0.4, 0.5) is 0 Å². The molecule has 0 aliphatic carbocycles. The van der Waals surface area contributed by atoms with Crippen LogP contribution in [-0.4, -0.2) is 20.7 Å². The van der Waals surface area contributed by atoms with Gasteiger partial charge in [0.15, 0.2) is 0 Å². The van der Waals surface area contributed by atoms with Gasteiger partial charge in [-0.25, -0.2) is 4.79 Å². The molecular weight excluding hydrogens is 391 g/mol. The summed E-state index contributed by atoms with van der Waals surface area (Å²) in [6.07, 6.45) is 0.977. The lowest BCUT2D eigenvalue weighted by atomic mass is 9.75. The standard InChI is InChI=1S/C18H14Cl2N4O3/c1-18(16(21)26,10-2-4-11(19)5-3-10)13-7-6-12(8-14(13)20)24-17(27)23-15(25)9-22-24/h2-9H,1H3,(H2,21,26)(H,23,25,27). The molecule has 0 saturated heterocycles. The van der Waals surface area contributed by atoms with Gasteiger partial charge in [0.25, 0.3) is 5.56 Å². The lowest BCUT2D eigenvalue weighted by Gasteiger charge is -2.28. The second-order valence-electron chi connectivity index (χ2n) is 6.01. The summed E-state index contributed by atoms with van der Waals surface area (Å²) in [5.74, 6) is -0.598. The van der Waals surface area contributed by atoms with Gasteiger partial charge in [-0.15, -0.1) is 0 Å². The van der Waals surface area contributed by atoms with Crippen molar-refractivity contribution in [3.63, 3.8) is 0 Å². The Bertz CT molecular complexity index is 1140. The van der Waals surface area contributed by atoms with E-state index >= 15 is 0 Å². The molecule has 0 radical (unpaired) electrons. The monoisotopic (exact) mass is 404 g/mol. The Morgan fingerprint density at radius 1 is 1.15 bits per heavy atom. The highest BCUT2D eigenvalue weighted by Crippen LogP contribution is 2.37. The summed E-state index contributed by atoms with van der Waals surface area (Å²) in [4.78, 5) is 37.5. The number of halogens is 2. The molecule has 0 aliphatic heterocycles. The van der Waals surface area contributed by atoms with Gasteiger partial charge in [0.1, 0.15) is 6.20 Å². The van der Waals surface area contributed by atoms with Gasteiger partial charge in [0.05, 0.1) is 11.1 Å². The van der Waals surface area contributed by atoms with E-state index in [0.29, 0.717) is 21.8 Å². The molecule has 27 heavy (non-hydrogen) atoms. The van der Waals surface area contributed by atoms with Gasteiger partial charge in [-0.1, -0.05) is 41.4 Å². The second-order valence-corrected chi connectivity index (χ2v) is 6.85. The molecule has 0 saturated carbocycles. The summed E-state index contributed by atoms with van der Waals surface area (Å²) in [6, 6.07) is 11.3. The molecule has 2 aromatic carbocycles. The molecule has 0 spiro atoms. The summed E-state index contributed by atoms with van der Waals surface area (Å²) in [5, 5.41) is 4.51. The van der Waals surface area contributed by atoms with Gasteiger partial charge >= 0.3 is 5.69 Å². The van der Waals surface area contributed by atoms with Crippen molar-refractivity contribution in [2.24, 2.45) is 5.73 Å². The van der Waals surface area contributed by atoms with E-state index in [-0.39, 0.29) is 5.02 Å². The number of primary amides is 1. The fourth-order valence-electron chi connectivity index (χ4n) is 2.79. The van der Waals surface area contributed by atoms with E-state index in [1.54, 1.807) is 43.3 Å². The van der Waals surface area contributed by atoms with Crippen molar-refractivity contribution < 1.29 is 4.79 Å².